The number of nitrogens with one attached hydrogen (secondary N) is 1. The highest BCUT2D eigenvalue weighted by Crippen LogP contribution is 2.39. The molecule has 3 rings (SSSR count). The molecule has 0 saturated heterocycles. The predicted octanol–water partition coefficient (Wildman–Crippen LogP) is 2.40. The van der Waals surface area contributed by atoms with E-state index in [0.29, 0.717) is 28.3 Å². The molecule has 1 unspecified atom stereocenters. The fraction of sp³-hybridized carbons (Fsp3) is 0.333. The van der Waals surface area contributed by atoms with Crippen molar-refractivity contribution in [3.63, 3.8) is 0 Å². The standard InChI is InChI=1S/C18H19NO5/c1-4-18(3)9-12(16(20)22-5-2)15(19-17(18)21)11-6-7-13-14(8-11)24-10-23-13/h4,6-8H,1,5,9-10H2,2-3H3,(H,19,21). The lowest BCUT2D eigenvalue weighted by Gasteiger charge is -2.32. The van der Waals surface area contributed by atoms with E-state index in [4.69, 9.17) is 14.2 Å². The number of ether oxygens (including phenoxy) is 3. The summed E-state index contributed by atoms with van der Waals surface area (Å²) in [4.78, 5) is 24.9. The Morgan fingerprint density at radius 3 is 2.88 bits per heavy atom. The Labute approximate surface area is 140 Å². The van der Waals surface area contributed by atoms with E-state index in [1.54, 1.807) is 38.1 Å². The summed E-state index contributed by atoms with van der Waals surface area (Å²) in [6.45, 7) is 7.62. The van der Waals surface area contributed by atoms with Crippen LogP contribution in [-0.4, -0.2) is 25.3 Å². The molecule has 1 aromatic rings. The minimum atomic E-state index is -0.859. The van der Waals surface area contributed by atoms with Crippen molar-refractivity contribution in [2.24, 2.45) is 5.41 Å². The van der Waals surface area contributed by atoms with E-state index in [1.807, 2.05) is 0 Å². The zero-order valence-electron chi connectivity index (χ0n) is 13.7. The lowest BCUT2D eigenvalue weighted by Crippen LogP contribution is -2.42. The largest absolute Gasteiger partial charge is 0.463 e. The molecule has 1 N–H and O–H groups in total. The Kier molecular flexibility index (Phi) is 4.05. The maximum absolute atomic E-state index is 12.5. The van der Waals surface area contributed by atoms with Gasteiger partial charge in [-0.3, -0.25) is 4.79 Å². The summed E-state index contributed by atoms with van der Waals surface area (Å²) in [5, 5.41) is 2.83. The Hall–Kier alpha value is -2.76. The van der Waals surface area contributed by atoms with Crippen LogP contribution in [-0.2, 0) is 14.3 Å². The topological polar surface area (TPSA) is 73.9 Å². The Balaban J connectivity index is 2.09. The summed E-state index contributed by atoms with van der Waals surface area (Å²) in [5.74, 6) is 0.557. The summed E-state index contributed by atoms with van der Waals surface area (Å²) >= 11 is 0. The number of rotatable bonds is 4. The quantitative estimate of drug-likeness (QED) is 0.678. The SMILES string of the molecule is C=CC1(C)CC(C(=O)OCC)=C(c2ccc3c(c2)OCO3)NC1=O. The monoisotopic (exact) mass is 329 g/mol. The van der Waals surface area contributed by atoms with Crippen LogP contribution < -0.4 is 14.8 Å². The second kappa shape index (κ2) is 6.03. The Morgan fingerprint density at radius 2 is 2.17 bits per heavy atom. The van der Waals surface area contributed by atoms with Gasteiger partial charge in [-0.2, -0.15) is 0 Å². The first-order valence-electron chi connectivity index (χ1n) is 7.74. The molecule has 0 saturated carbocycles. The minimum Gasteiger partial charge on any atom is -0.463 e. The van der Waals surface area contributed by atoms with Crippen LogP contribution in [0.4, 0.5) is 0 Å². The molecule has 2 aliphatic heterocycles. The first-order chi connectivity index (χ1) is 11.5. The molecule has 2 heterocycles. The van der Waals surface area contributed by atoms with Gasteiger partial charge in [-0.05, 0) is 38.5 Å². The van der Waals surface area contributed by atoms with Gasteiger partial charge in [-0.15, -0.1) is 6.58 Å². The van der Waals surface area contributed by atoms with Crippen LogP contribution in [0, 0.1) is 5.41 Å². The maximum Gasteiger partial charge on any atom is 0.336 e. The molecule has 126 valence electrons. The lowest BCUT2D eigenvalue weighted by atomic mass is 9.78. The number of esters is 1. The van der Waals surface area contributed by atoms with E-state index in [9.17, 15) is 9.59 Å². The maximum atomic E-state index is 12.5. The van der Waals surface area contributed by atoms with Crippen LogP contribution in [0.5, 0.6) is 11.5 Å². The highest BCUT2D eigenvalue weighted by Gasteiger charge is 2.40. The summed E-state index contributed by atoms with van der Waals surface area (Å²) < 4.78 is 15.8. The van der Waals surface area contributed by atoms with E-state index in [1.165, 1.54) is 0 Å². The number of fused-ring (bicyclic) bond motifs is 1. The highest BCUT2D eigenvalue weighted by molar-refractivity contribution is 6.05. The molecule has 24 heavy (non-hydrogen) atoms. The van der Waals surface area contributed by atoms with Crippen molar-refractivity contribution >= 4 is 17.6 Å². The number of carbonyl (C=O) groups excluding carboxylic acids is 2. The van der Waals surface area contributed by atoms with Crippen LogP contribution in [0.15, 0.2) is 36.4 Å². The number of benzene rings is 1. The van der Waals surface area contributed by atoms with Crippen molar-refractivity contribution in [2.45, 2.75) is 20.3 Å². The number of carbonyl (C=O) groups is 2. The van der Waals surface area contributed by atoms with Gasteiger partial charge in [0.05, 0.1) is 23.3 Å². The molecule has 1 amide bonds. The molecular formula is C18H19NO5. The Morgan fingerprint density at radius 1 is 1.42 bits per heavy atom. The fourth-order valence-corrected chi connectivity index (χ4v) is 2.72. The summed E-state index contributed by atoms with van der Waals surface area (Å²) in [5.41, 5.74) is 0.664. The van der Waals surface area contributed by atoms with Gasteiger partial charge in [0.2, 0.25) is 12.7 Å². The van der Waals surface area contributed by atoms with E-state index in [2.05, 4.69) is 11.9 Å². The van der Waals surface area contributed by atoms with Gasteiger partial charge in [0.15, 0.2) is 11.5 Å². The average molecular weight is 329 g/mol. The molecule has 0 aliphatic carbocycles. The van der Waals surface area contributed by atoms with Crippen molar-refractivity contribution in [2.75, 3.05) is 13.4 Å². The molecule has 0 fully saturated rings. The molecule has 0 aromatic heterocycles. The van der Waals surface area contributed by atoms with Gasteiger partial charge in [0.1, 0.15) is 0 Å². The molecule has 6 nitrogen and oxygen atoms in total. The van der Waals surface area contributed by atoms with Gasteiger partial charge < -0.3 is 19.5 Å². The molecule has 1 aromatic carbocycles. The van der Waals surface area contributed by atoms with Crippen LogP contribution in [0.25, 0.3) is 5.70 Å². The van der Waals surface area contributed by atoms with Crippen LogP contribution in [0.1, 0.15) is 25.8 Å². The number of hydrogen-bond acceptors (Lipinski definition) is 5. The van der Waals surface area contributed by atoms with Crippen molar-refractivity contribution in [1.29, 1.82) is 0 Å². The van der Waals surface area contributed by atoms with Crippen molar-refractivity contribution in [3.8, 4) is 11.5 Å². The summed E-state index contributed by atoms with van der Waals surface area (Å²) in [7, 11) is 0. The van der Waals surface area contributed by atoms with Gasteiger partial charge in [0, 0.05) is 5.56 Å². The van der Waals surface area contributed by atoms with Crippen LogP contribution >= 0.6 is 0 Å². The summed E-state index contributed by atoms with van der Waals surface area (Å²) in [6, 6.07) is 5.27. The third-order valence-corrected chi connectivity index (χ3v) is 4.24. The van der Waals surface area contributed by atoms with Gasteiger partial charge in [0.25, 0.3) is 0 Å². The van der Waals surface area contributed by atoms with E-state index in [-0.39, 0.29) is 25.7 Å². The zero-order chi connectivity index (χ0) is 17.3. The third-order valence-electron chi connectivity index (χ3n) is 4.24. The normalized spacial score (nSPS) is 22.2. The first-order valence-corrected chi connectivity index (χ1v) is 7.74. The highest BCUT2D eigenvalue weighted by atomic mass is 16.7. The van der Waals surface area contributed by atoms with Gasteiger partial charge in [-0.25, -0.2) is 4.79 Å². The van der Waals surface area contributed by atoms with E-state index < -0.39 is 11.4 Å². The first kappa shape index (κ1) is 16.1. The van der Waals surface area contributed by atoms with Gasteiger partial charge >= 0.3 is 5.97 Å². The fourth-order valence-electron chi connectivity index (χ4n) is 2.72. The summed E-state index contributed by atoms with van der Waals surface area (Å²) in [6.07, 6.45) is 1.78. The van der Waals surface area contributed by atoms with Gasteiger partial charge in [-0.1, -0.05) is 6.08 Å². The molecule has 0 radical (unpaired) electrons. The zero-order valence-corrected chi connectivity index (χ0v) is 13.7. The average Bonchev–Trinajstić information content (AvgIpc) is 3.04. The molecule has 2 aliphatic rings. The number of hydrogen-bond donors (Lipinski definition) is 1. The van der Waals surface area contributed by atoms with Crippen LogP contribution in [0.2, 0.25) is 0 Å². The van der Waals surface area contributed by atoms with E-state index in [0.717, 1.165) is 0 Å². The Bertz CT molecular complexity index is 752. The molecular weight excluding hydrogens is 310 g/mol. The minimum absolute atomic E-state index is 0.156. The lowest BCUT2D eigenvalue weighted by molar-refractivity contribution is -0.139. The second-order valence-electron chi connectivity index (χ2n) is 5.89. The van der Waals surface area contributed by atoms with Crippen molar-refractivity contribution in [1.82, 2.24) is 5.32 Å². The predicted molar refractivity (Wildman–Crippen MR) is 87.2 cm³/mol. The third kappa shape index (κ3) is 2.64. The molecule has 0 spiro atoms. The van der Waals surface area contributed by atoms with Crippen molar-refractivity contribution < 1.29 is 23.8 Å². The number of amides is 1. The molecule has 6 heteroatoms. The van der Waals surface area contributed by atoms with E-state index >= 15 is 0 Å². The van der Waals surface area contributed by atoms with Crippen LogP contribution in [0.3, 0.4) is 0 Å². The molecule has 0 bridgehead atoms. The molecule has 1 atom stereocenters. The smallest absolute Gasteiger partial charge is 0.336 e. The second-order valence-corrected chi connectivity index (χ2v) is 5.89. The van der Waals surface area contributed by atoms with Crippen molar-refractivity contribution in [3.05, 3.63) is 42.0 Å².